The molecule has 3 aliphatic rings. The van der Waals surface area contributed by atoms with Gasteiger partial charge >= 0.3 is 0 Å². The van der Waals surface area contributed by atoms with Gasteiger partial charge in [-0.25, -0.2) is 0 Å². The van der Waals surface area contributed by atoms with Crippen LogP contribution >= 0.6 is 0 Å². The maximum absolute atomic E-state index is 12.3. The summed E-state index contributed by atoms with van der Waals surface area (Å²) in [5, 5.41) is 5.79. The molecular formula is C19H22N4O2. The van der Waals surface area contributed by atoms with Crippen molar-refractivity contribution in [3.05, 3.63) is 41.8 Å². The number of nitrogens with zero attached hydrogens (tertiary/aromatic N) is 2. The molecule has 1 aromatic rings. The van der Waals surface area contributed by atoms with Crippen molar-refractivity contribution in [2.45, 2.75) is 31.6 Å². The smallest absolute Gasteiger partial charge is 0.252 e. The van der Waals surface area contributed by atoms with Crippen LogP contribution in [0, 0.1) is 0 Å². The maximum Gasteiger partial charge on any atom is 0.252 e. The van der Waals surface area contributed by atoms with Gasteiger partial charge in [-0.3, -0.25) is 19.5 Å². The predicted molar refractivity (Wildman–Crippen MR) is 96.4 cm³/mol. The van der Waals surface area contributed by atoms with Gasteiger partial charge in [0.1, 0.15) is 0 Å². The van der Waals surface area contributed by atoms with Crippen LogP contribution in [0.4, 0.5) is 11.4 Å². The standard InChI is InChI=1S/C19H22N4O2/c24-17(12-23-8-4-1-5-9-23)21-13-10-16-18(20-11-13)14-6-2-3-7-15(14)19(25)22-16/h2-3,7,10-11,14H,1,4-6,8-9,12H2,(H,21,24)(H,22,25). The van der Waals surface area contributed by atoms with Crippen molar-refractivity contribution in [3.8, 4) is 0 Å². The number of amides is 2. The number of allylic oxidation sites excluding steroid dienone is 3. The van der Waals surface area contributed by atoms with Gasteiger partial charge in [0.05, 0.1) is 29.8 Å². The Labute approximate surface area is 147 Å². The van der Waals surface area contributed by atoms with E-state index in [1.807, 2.05) is 24.3 Å². The summed E-state index contributed by atoms with van der Waals surface area (Å²) >= 11 is 0. The number of piperidine rings is 1. The molecule has 1 saturated heterocycles. The molecule has 130 valence electrons. The topological polar surface area (TPSA) is 74.3 Å². The number of fused-ring (bicyclic) bond motifs is 3. The highest BCUT2D eigenvalue weighted by Gasteiger charge is 2.31. The number of hydrogen-bond acceptors (Lipinski definition) is 4. The molecule has 3 heterocycles. The monoisotopic (exact) mass is 338 g/mol. The predicted octanol–water partition coefficient (Wildman–Crippen LogP) is 2.43. The second kappa shape index (κ2) is 6.80. The zero-order chi connectivity index (χ0) is 17.2. The van der Waals surface area contributed by atoms with Crippen LogP contribution in [0.5, 0.6) is 0 Å². The van der Waals surface area contributed by atoms with E-state index in [-0.39, 0.29) is 17.7 Å². The highest BCUT2D eigenvalue weighted by Crippen LogP contribution is 2.39. The zero-order valence-corrected chi connectivity index (χ0v) is 14.1. The summed E-state index contributed by atoms with van der Waals surface area (Å²) in [7, 11) is 0. The first-order valence-corrected chi connectivity index (χ1v) is 8.91. The molecule has 0 spiro atoms. The molecule has 1 aromatic heterocycles. The van der Waals surface area contributed by atoms with Crippen molar-refractivity contribution in [2.24, 2.45) is 0 Å². The molecule has 25 heavy (non-hydrogen) atoms. The summed E-state index contributed by atoms with van der Waals surface area (Å²) in [6.45, 7) is 2.37. The number of rotatable bonds is 3. The summed E-state index contributed by atoms with van der Waals surface area (Å²) in [4.78, 5) is 31.2. The highest BCUT2D eigenvalue weighted by molar-refractivity contribution is 6.08. The van der Waals surface area contributed by atoms with Gasteiger partial charge in [-0.1, -0.05) is 24.6 Å². The molecule has 6 nitrogen and oxygen atoms in total. The van der Waals surface area contributed by atoms with E-state index in [0.717, 1.165) is 43.6 Å². The third kappa shape index (κ3) is 3.35. The average molecular weight is 338 g/mol. The van der Waals surface area contributed by atoms with Crippen molar-refractivity contribution < 1.29 is 9.59 Å². The maximum atomic E-state index is 12.3. The van der Waals surface area contributed by atoms with Crippen LogP contribution in [0.3, 0.4) is 0 Å². The van der Waals surface area contributed by atoms with Gasteiger partial charge < -0.3 is 10.6 Å². The van der Waals surface area contributed by atoms with E-state index < -0.39 is 0 Å². The second-order valence-electron chi connectivity index (χ2n) is 6.83. The molecule has 0 radical (unpaired) electrons. The zero-order valence-electron chi connectivity index (χ0n) is 14.1. The fourth-order valence-electron chi connectivity index (χ4n) is 3.76. The molecule has 1 fully saturated rings. The Morgan fingerprint density at radius 2 is 2.16 bits per heavy atom. The lowest BCUT2D eigenvalue weighted by molar-refractivity contribution is -0.117. The number of anilines is 2. The lowest BCUT2D eigenvalue weighted by atomic mass is 9.84. The fourth-order valence-corrected chi connectivity index (χ4v) is 3.76. The quantitative estimate of drug-likeness (QED) is 0.888. The Kier molecular flexibility index (Phi) is 4.36. The number of carbonyl (C=O) groups excluding carboxylic acids is 2. The van der Waals surface area contributed by atoms with Gasteiger partial charge in [-0.15, -0.1) is 0 Å². The molecule has 4 rings (SSSR count). The van der Waals surface area contributed by atoms with Gasteiger partial charge in [0.25, 0.3) is 5.91 Å². The number of likely N-dealkylation sites (tertiary alicyclic amines) is 1. The van der Waals surface area contributed by atoms with E-state index in [0.29, 0.717) is 17.9 Å². The van der Waals surface area contributed by atoms with Crippen LogP contribution in [0.1, 0.15) is 37.3 Å². The molecule has 1 atom stereocenters. The Hall–Kier alpha value is -2.47. The molecule has 6 heteroatoms. The number of nitrogens with one attached hydrogen (secondary N) is 2. The van der Waals surface area contributed by atoms with Crippen molar-refractivity contribution in [1.82, 2.24) is 9.88 Å². The third-order valence-electron chi connectivity index (χ3n) is 5.02. The highest BCUT2D eigenvalue weighted by atomic mass is 16.2. The first-order chi connectivity index (χ1) is 12.2. The van der Waals surface area contributed by atoms with Crippen LogP contribution in [0.2, 0.25) is 0 Å². The van der Waals surface area contributed by atoms with Crippen molar-refractivity contribution in [3.63, 3.8) is 0 Å². The number of aromatic nitrogens is 1. The number of carbonyl (C=O) groups is 2. The van der Waals surface area contributed by atoms with Crippen molar-refractivity contribution >= 4 is 23.2 Å². The summed E-state index contributed by atoms with van der Waals surface area (Å²) in [6.07, 6.45) is 11.8. The van der Waals surface area contributed by atoms with E-state index in [1.54, 1.807) is 6.20 Å². The molecule has 0 aromatic carbocycles. The fraction of sp³-hybridized carbons (Fsp3) is 0.421. The first kappa shape index (κ1) is 16.0. The summed E-state index contributed by atoms with van der Waals surface area (Å²) in [6, 6.07) is 1.81. The Bertz CT molecular complexity index is 763. The molecular weight excluding hydrogens is 316 g/mol. The molecule has 1 unspecified atom stereocenters. The van der Waals surface area contributed by atoms with E-state index in [1.165, 1.54) is 6.42 Å². The number of hydrogen-bond donors (Lipinski definition) is 2. The number of pyridine rings is 1. The van der Waals surface area contributed by atoms with Gasteiger partial charge in [-0.2, -0.15) is 0 Å². The molecule has 0 saturated carbocycles. The molecule has 1 aliphatic carbocycles. The van der Waals surface area contributed by atoms with Crippen LogP contribution in [-0.4, -0.2) is 41.3 Å². The van der Waals surface area contributed by atoms with Crippen molar-refractivity contribution in [1.29, 1.82) is 0 Å². The minimum absolute atomic E-state index is 0.00634. The average Bonchev–Trinajstić information content (AvgIpc) is 2.62. The van der Waals surface area contributed by atoms with E-state index in [4.69, 9.17) is 0 Å². The minimum Gasteiger partial charge on any atom is -0.324 e. The molecule has 2 amide bonds. The second-order valence-corrected chi connectivity index (χ2v) is 6.83. The first-order valence-electron chi connectivity index (χ1n) is 8.91. The minimum atomic E-state index is -0.0829. The summed E-state index contributed by atoms with van der Waals surface area (Å²) < 4.78 is 0. The third-order valence-corrected chi connectivity index (χ3v) is 5.02. The van der Waals surface area contributed by atoms with Crippen LogP contribution in [0.15, 0.2) is 36.1 Å². The van der Waals surface area contributed by atoms with Gasteiger partial charge in [0.15, 0.2) is 0 Å². The molecule has 0 bridgehead atoms. The van der Waals surface area contributed by atoms with Crippen LogP contribution in [-0.2, 0) is 9.59 Å². The Balaban J connectivity index is 1.47. The molecule has 2 N–H and O–H groups in total. The Morgan fingerprint density at radius 1 is 1.32 bits per heavy atom. The van der Waals surface area contributed by atoms with Gasteiger partial charge in [0.2, 0.25) is 5.91 Å². The summed E-state index contributed by atoms with van der Waals surface area (Å²) in [5.41, 5.74) is 2.94. The van der Waals surface area contributed by atoms with E-state index >= 15 is 0 Å². The summed E-state index contributed by atoms with van der Waals surface area (Å²) in [5.74, 6) is -0.112. The van der Waals surface area contributed by atoms with Gasteiger partial charge in [-0.05, 0) is 38.4 Å². The van der Waals surface area contributed by atoms with Crippen LogP contribution in [0.25, 0.3) is 0 Å². The van der Waals surface area contributed by atoms with E-state index in [9.17, 15) is 9.59 Å². The SMILES string of the molecule is O=C(CN1CCCCC1)Nc1cnc2c(c1)NC(=O)C1=CC=CCC12. The van der Waals surface area contributed by atoms with Crippen molar-refractivity contribution in [2.75, 3.05) is 30.3 Å². The van der Waals surface area contributed by atoms with Crippen LogP contribution < -0.4 is 10.6 Å². The van der Waals surface area contributed by atoms with E-state index in [2.05, 4.69) is 20.5 Å². The normalized spacial score (nSPS) is 22.5. The molecule has 2 aliphatic heterocycles. The lowest BCUT2D eigenvalue weighted by Crippen LogP contribution is -2.36. The largest absolute Gasteiger partial charge is 0.324 e. The Morgan fingerprint density at radius 3 is 3.00 bits per heavy atom. The lowest BCUT2D eigenvalue weighted by Gasteiger charge is -2.28. The van der Waals surface area contributed by atoms with Gasteiger partial charge in [0, 0.05) is 11.5 Å².